The molecule has 0 saturated carbocycles. The predicted molar refractivity (Wildman–Crippen MR) is 105 cm³/mol. The Hall–Kier alpha value is -1.79. The number of ether oxygens (including phenoxy) is 1. The topological polar surface area (TPSA) is 39.3 Å². The summed E-state index contributed by atoms with van der Waals surface area (Å²) >= 11 is 0. The van der Waals surface area contributed by atoms with Crippen LogP contribution in [0, 0.1) is 0 Å². The molecule has 0 aromatic heterocycles. The highest BCUT2D eigenvalue weighted by molar-refractivity contribution is 5.76. The van der Waals surface area contributed by atoms with Crippen LogP contribution in [0.25, 0.3) is 0 Å². The lowest BCUT2D eigenvalue weighted by Gasteiger charge is -2.37. The van der Waals surface area contributed by atoms with Crippen molar-refractivity contribution in [2.45, 2.75) is 13.3 Å². The third-order valence-electron chi connectivity index (χ3n) is 5.61. The first-order valence-electron chi connectivity index (χ1n) is 9.81. The number of likely N-dealkylation sites (N-methyl/N-ethyl adjacent to an activating group) is 1. The van der Waals surface area contributed by atoms with Gasteiger partial charge in [-0.1, -0.05) is 19.1 Å². The van der Waals surface area contributed by atoms with E-state index in [0.717, 1.165) is 76.9 Å². The minimum atomic E-state index is 0.294. The van der Waals surface area contributed by atoms with Gasteiger partial charge in [0.15, 0.2) is 0 Å². The molecule has 1 aromatic rings. The van der Waals surface area contributed by atoms with Crippen molar-refractivity contribution in [1.29, 1.82) is 0 Å². The van der Waals surface area contributed by atoms with Gasteiger partial charge in [-0.2, -0.15) is 0 Å². The second-order valence-electron chi connectivity index (χ2n) is 7.07. The van der Waals surface area contributed by atoms with Crippen molar-refractivity contribution in [2.24, 2.45) is 0 Å². The van der Waals surface area contributed by atoms with Gasteiger partial charge in [-0.3, -0.25) is 4.79 Å². The Kier molecular flexibility index (Phi) is 6.74. The molecule has 0 N–H and O–H groups in total. The molecule has 1 amide bonds. The van der Waals surface area contributed by atoms with E-state index >= 15 is 0 Å². The Bertz CT molecular complexity index is 579. The second kappa shape index (κ2) is 9.24. The van der Waals surface area contributed by atoms with Gasteiger partial charge in [-0.25, -0.2) is 0 Å². The Morgan fingerprint density at radius 3 is 2.27 bits per heavy atom. The number of piperazine rings is 2. The highest BCUT2D eigenvalue weighted by atomic mass is 16.5. The van der Waals surface area contributed by atoms with E-state index in [-0.39, 0.29) is 0 Å². The third kappa shape index (κ3) is 4.68. The summed E-state index contributed by atoms with van der Waals surface area (Å²) in [5, 5.41) is 0. The fourth-order valence-electron chi connectivity index (χ4n) is 3.83. The molecule has 6 heteroatoms. The molecule has 1 aromatic carbocycles. The number of carbonyl (C=O) groups excluding carboxylic acids is 1. The van der Waals surface area contributed by atoms with Crippen LogP contribution in [0.2, 0.25) is 0 Å². The fourth-order valence-corrected chi connectivity index (χ4v) is 3.83. The molecule has 0 atom stereocenters. The lowest BCUT2D eigenvalue weighted by atomic mass is 10.2. The van der Waals surface area contributed by atoms with Crippen LogP contribution in [0.15, 0.2) is 24.3 Å². The average Bonchev–Trinajstić information content (AvgIpc) is 2.72. The van der Waals surface area contributed by atoms with Crippen LogP contribution in [0.5, 0.6) is 5.75 Å². The Labute approximate surface area is 157 Å². The maximum Gasteiger partial charge on any atom is 0.223 e. The SMILES string of the molecule is CCN1CCN(CCC(=O)N2CCN(c3ccccc3OC)CC2)CC1. The molecule has 2 saturated heterocycles. The van der Waals surface area contributed by atoms with Crippen LogP contribution in [-0.2, 0) is 4.79 Å². The highest BCUT2D eigenvalue weighted by Gasteiger charge is 2.23. The minimum Gasteiger partial charge on any atom is -0.495 e. The Balaban J connectivity index is 1.42. The lowest BCUT2D eigenvalue weighted by molar-refractivity contribution is -0.131. The van der Waals surface area contributed by atoms with E-state index in [4.69, 9.17) is 4.74 Å². The summed E-state index contributed by atoms with van der Waals surface area (Å²) in [4.78, 5) is 21.8. The van der Waals surface area contributed by atoms with E-state index in [1.54, 1.807) is 7.11 Å². The molecular formula is C20H32N4O2. The maximum absolute atomic E-state index is 12.6. The number of carbonyl (C=O) groups is 1. The van der Waals surface area contributed by atoms with E-state index in [1.807, 2.05) is 23.1 Å². The smallest absolute Gasteiger partial charge is 0.223 e. The summed E-state index contributed by atoms with van der Waals surface area (Å²) in [5.74, 6) is 1.20. The van der Waals surface area contributed by atoms with Crippen molar-refractivity contribution >= 4 is 11.6 Å². The molecule has 144 valence electrons. The molecule has 3 rings (SSSR count). The first kappa shape index (κ1) is 19.0. The van der Waals surface area contributed by atoms with Gasteiger partial charge in [0, 0.05) is 65.3 Å². The molecule has 2 aliphatic rings. The fraction of sp³-hybridized carbons (Fsp3) is 0.650. The number of methoxy groups -OCH3 is 1. The van der Waals surface area contributed by atoms with Gasteiger partial charge in [-0.15, -0.1) is 0 Å². The number of amides is 1. The van der Waals surface area contributed by atoms with Gasteiger partial charge in [0.1, 0.15) is 5.75 Å². The van der Waals surface area contributed by atoms with E-state index < -0.39 is 0 Å². The van der Waals surface area contributed by atoms with E-state index in [2.05, 4.69) is 27.7 Å². The Morgan fingerprint density at radius 2 is 1.62 bits per heavy atom. The summed E-state index contributed by atoms with van der Waals surface area (Å²) in [6, 6.07) is 8.10. The van der Waals surface area contributed by atoms with Crippen molar-refractivity contribution in [2.75, 3.05) is 77.5 Å². The quantitative estimate of drug-likeness (QED) is 0.766. The number of hydrogen-bond acceptors (Lipinski definition) is 5. The predicted octanol–water partition coefficient (Wildman–Crippen LogP) is 1.37. The van der Waals surface area contributed by atoms with Gasteiger partial charge in [0.05, 0.1) is 12.8 Å². The number of anilines is 1. The second-order valence-corrected chi connectivity index (χ2v) is 7.07. The highest BCUT2D eigenvalue weighted by Crippen LogP contribution is 2.28. The number of para-hydroxylation sites is 2. The first-order chi connectivity index (χ1) is 12.7. The normalized spacial score (nSPS) is 19.6. The molecule has 0 aliphatic carbocycles. The van der Waals surface area contributed by atoms with Crippen molar-refractivity contribution < 1.29 is 9.53 Å². The van der Waals surface area contributed by atoms with Crippen LogP contribution < -0.4 is 9.64 Å². The molecule has 0 bridgehead atoms. The van der Waals surface area contributed by atoms with Gasteiger partial charge in [0.2, 0.25) is 5.91 Å². The molecule has 0 spiro atoms. The zero-order valence-corrected chi connectivity index (χ0v) is 16.2. The maximum atomic E-state index is 12.6. The summed E-state index contributed by atoms with van der Waals surface area (Å²) < 4.78 is 5.46. The standard InChI is InChI=1S/C20H32N4O2/c1-3-21-10-12-22(13-11-21)9-8-20(25)24-16-14-23(15-17-24)18-6-4-5-7-19(18)26-2/h4-7H,3,8-17H2,1-2H3. The third-order valence-corrected chi connectivity index (χ3v) is 5.61. The van der Waals surface area contributed by atoms with Crippen LogP contribution in [0.1, 0.15) is 13.3 Å². The van der Waals surface area contributed by atoms with Crippen LogP contribution in [0.4, 0.5) is 5.69 Å². The van der Waals surface area contributed by atoms with Gasteiger partial charge in [0.25, 0.3) is 0 Å². The number of benzene rings is 1. The Morgan fingerprint density at radius 1 is 0.962 bits per heavy atom. The molecule has 0 unspecified atom stereocenters. The summed E-state index contributed by atoms with van der Waals surface area (Å²) in [7, 11) is 1.71. The van der Waals surface area contributed by atoms with E-state index in [1.165, 1.54) is 0 Å². The molecule has 0 radical (unpaired) electrons. The largest absolute Gasteiger partial charge is 0.495 e. The molecule has 2 fully saturated rings. The molecule has 2 heterocycles. The summed E-state index contributed by atoms with van der Waals surface area (Å²) in [6.07, 6.45) is 0.640. The molecule has 6 nitrogen and oxygen atoms in total. The van der Waals surface area contributed by atoms with Crippen molar-refractivity contribution in [3.8, 4) is 5.75 Å². The van der Waals surface area contributed by atoms with Crippen LogP contribution in [0.3, 0.4) is 0 Å². The van der Waals surface area contributed by atoms with Gasteiger partial charge < -0.3 is 24.3 Å². The number of nitrogens with zero attached hydrogens (tertiary/aromatic N) is 4. The number of rotatable bonds is 6. The molecule has 26 heavy (non-hydrogen) atoms. The monoisotopic (exact) mass is 360 g/mol. The van der Waals surface area contributed by atoms with Gasteiger partial charge >= 0.3 is 0 Å². The van der Waals surface area contributed by atoms with Crippen LogP contribution >= 0.6 is 0 Å². The van der Waals surface area contributed by atoms with Crippen molar-refractivity contribution in [1.82, 2.24) is 14.7 Å². The summed E-state index contributed by atoms with van der Waals surface area (Å²) in [6.45, 7) is 12.0. The lowest BCUT2D eigenvalue weighted by Crippen LogP contribution is -2.50. The van der Waals surface area contributed by atoms with E-state index in [0.29, 0.717) is 12.3 Å². The molecule has 2 aliphatic heterocycles. The van der Waals surface area contributed by atoms with Crippen molar-refractivity contribution in [3.05, 3.63) is 24.3 Å². The summed E-state index contributed by atoms with van der Waals surface area (Å²) in [5.41, 5.74) is 1.12. The first-order valence-corrected chi connectivity index (χ1v) is 9.81. The zero-order chi connectivity index (χ0) is 18.4. The van der Waals surface area contributed by atoms with E-state index in [9.17, 15) is 4.79 Å². The minimum absolute atomic E-state index is 0.294. The molecular weight excluding hydrogens is 328 g/mol. The van der Waals surface area contributed by atoms with Gasteiger partial charge in [-0.05, 0) is 18.7 Å². The number of hydrogen-bond donors (Lipinski definition) is 0. The zero-order valence-electron chi connectivity index (χ0n) is 16.2. The average molecular weight is 361 g/mol. The van der Waals surface area contributed by atoms with Crippen molar-refractivity contribution in [3.63, 3.8) is 0 Å². The van der Waals surface area contributed by atoms with Crippen LogP contribution in [-0.4, -0.2) is 93.2 Å².